The fourth-order valence-electron chi connectivity index (χ4n) is 3.71. The minimum atomic E-state index is -4.41. The smallest absolute Gasteiger partial charge is 0.422 e. The average Bonchev–Trinajstić information content (AvgIpc) is 3.03. The first kappa shape index (κ1) is 16.8. The first-order chi connectivity index (χ1) is 11.2. The van der Waals surface area contributed by atoms with Gasteiger partial charge in [-0.25, -0.2) is 0 Å². The third-order valence-corrected chi connectivity index (χ3v) is 4.65. The van der Waals surface area contributed by atoms with Crippen LogP contribution in [0.15, 0.2) is 12.1 Å². The van der Waals surface area contributed by atoms with Crippen molar-refractivity contribution in [3.63, 3.8) is 0 Å². The SMILES string of the molecule is Cc1cc(OCC(F)(F)F)cc(C)c1C1C(=O)C2CCCN2C1=O. The van der Waals surface area contributed by atoms with E-state index in [-0.39, 0.29) is 23.5 Å². The summed E-state index contributed by atoms with van der Waals surface area (Å²) in [5.41, 5.74) is 1.79. The van der Waals surface area contributed by atoms with E-state index in [2.05, 4.69) is 0 Å². The number of benzene rings is 1. The van der Waals surface area contributed by atoms with Gasteiger partial charge in [0.1, 0.15) is 11.7 Å². The molecule has 2 atom stereocenters. The van der Waals surface area contributed by atoms with Gasteiger partial charge in [0, 0.05) is 6.54 Å². The fraction of sp³-hybridized carbons (Fsp3) is 0.529. The molecule has 2 heterocycles. The zero-order valence-electron chi connectivity index (χ0n) is 13.4. The van der Waals surface area contributed by atoms with Crippen LogP contribution in [0.3, 0.4) is 0 Å². The van der Waals surface area contributed by atoms with Gasteiger partial charge in [0.15, 0.2) is 12.4 Å². The summed E-state index contributed by atoms with van der Waals surface area (Å²) in [5.74, 6) is -1.05. The molecule has 2 unspecified atom stereocenters. The van der Waals surface area contributed by atoms with E-state index in [9.17, 15) is 22.8 Å². The molecule has 2 aliphatic heterocycles. The third kappa shape index (κ3) is 2.87. The highest BCUT2D eigenvalue weighted by molar-refractivity contribution is 6.15. The number of alkyl halides is 3. The van der Waals surface area contributed by atoms with Gasteiger partial charge in [0.05, 0.1) is 6.04 Å². The van der Waals surface area contributed by atoms with Crippen molar-refractivity contribution in [1.29, 1.82) is 0 Å². The molecule has 2 aliphatic rings. The number of carbonyl (C=O) groups excluding carboxylic acids is 2. The van der Waals surface area contributed by atoms with Gasteiger partial charge in [0.2, 0.25) is 5.91 Å². The summed E-state index contributed by atoms with van der Waals surface area (Å²) in [5, 5.41) is 0. The molecule has 4 nitrogen and oxygen atoms in total. The Kier molecular flexibility index (Phi) is 4.05. The van der Waals surface area contributed by atoms with Crippen molar-refractivity contribution in [1.82, 2.24) is 4.90 Å². The molecule has 0 saturated carbocycles. The highest BCUT2D eigenvalue weighted by atomic mass is 19.4. The molecule has 0 radical (unpaired) electrons. The maximum atomic E-state index is 12.6. The van der Waals surface area contributed by atoms with Gasteiger partial charge < -0.3 is 9.64 Å². The van der Waals surface area contributed by atoms with Crippen LogP contribution in [0.1, 0.15) is 35.4 Å². The lowest BCUT2D eigenvalue weighted by atomic mass is 9.87. The highest BCUT2D eigenvalue weighted by Crippen LogP contribution is 2.39. The number of hydrogen-bond donors (Lipinski definition) is 0. The quantitative estimate of drug-likeness (QED) is 0.794. The molecule has 0 aliphatic carbocycles. The molecule has 0 spiro atoms. The number of hydrogen-bond acceptors (Lipinski definition) is 3. The van der Waals surface area contributed by atoms with Crippen LogP contribution in [-0.4, -0.2) is 42.0 Å². The van der Waals surface area contributed by atoms with E-state index in [1.165, 1.54) is 12.1 Å². The standard InChI is InChI=1S/C17H18F3NO3/c1-9-6-11(24-8-17(18,19)20)7-10(2)13(9)14-15(22)12-4-3-5-21(12)16(14)23/h6-7,12,14H,3-5,8H2,1-2H3. The van der Waals surface area contributed by atoms with Gasteiger partial charge in [-0.05, 0) is 55.5 Å². The molecule has 130 valence electrons. The van der Waals surface area contributed by atoms with Crippen LogP contribution in [0.5, 0.6) is 5.75 Å². The summed E-state index contributed by atoms with van der Waals surface area (Å²) < 4.78 is 41.6. The van der Waals surface area contributed by atoms with Crippen LogP contribution in [0, 0.1) is 13.8 Å². The van der Waals surface area contributed by atoms with Crippen LogP contribution in [0.2, 0.25) is 0 Å². The van der Waals surface area contributed by atoms with Crippen molar-refractivity contribution < 1.29 is 27.5 Å². The van der Waals surface area contributed by atoms with Crippen molar-refractivity contribution in [3.05, 3.63) is 28.8 Å². The van der Waals surface area contributed by atoms with E-state index in [1.807, 2.05) is 0 Å². The summed E-state index contributed by atoms with van der Waals surface area (Å²) in [6.45, 7) is 2.60. The molecule has 7 heteroatoms. The number of aryl methyl sites for hydroxylation is 2. The highest BCUT2D eigenvalue weighted by Gasteiger charge is 2.50. The van der Waals surface area contributed by atoms with E-state index in [0.717, 1.165) is 6.42 Å². The molecule has 1 amide bonds. The van der Waals surface area contributed by atoms with Crippen LogP contribution in [0.25, 0.3) is 0 Å². The minimum Gasteiger partial charge on any atom is -0.484 e. The largest absolute Gasteiger partial charge is 0.484 e. The fourth-order valence-corrected chi connectivity index (χ4v) is 3.71. The number of fused-ring (bicyclic) bond motifs is 1. The second-order valence-electron chi connectivity index (χ2n) is 6.40. The van der Waals surface area contributed by atoms with Gasteiger partial charge in [-0.3, -0.25) is 9.59 Å². The molecule has 1 aromatic rings. The predicted octanol–water partition coefficient (Wildman–Crippen LogP) is 2.90. The topological polar surface area (TPSA) is 46.6 Å². The normalized spacial score (nSPS) is 23.8. The Morgan fingerprint density at radius 3 is 2.38 bits per heavy atom. The van der Waals surface area contributed by atoms with Crippen molar-refractivity contribution in [2.24, 2.45) is 0 Å². The first-order valence-corrected chi connectivity index (χ1v) is 7.84. The Bertz CT molecular complexity index is 654. The van der Waals surface area contributed by atoms with E-state index in [1.54, 1.807) is 18.7 Å². The average molecular weight is 341 g/mol. The zero-order chi connectivity index (χ0) is 17.6. The molecule has 2 saturated heterocycles. The van der Waals surface area contributed by atoms with Crippen molar-refractivity contribution in [2.45, 2.75) is 44.8 Å². The maximum absolute atomic E-state index is 12.6. The number of carbonyl (C=O) groups is 2. The van der Waals surface area contributed by atoms with Gasteiger partial charge in [-0.1, -0.05) is 0 Å². The maximum Gasteiger partial charge on any atom is 0.422 e. The van der Waals surface area contributed by atoms with Gasteiger partial charge in [-0.15, -0.1) is 0 Å². The summed E-state index contributed by atoms with van der Waals surface area (Å²) in [7, 11) is 0. The lowest BCUT2D eigenvalue weighted by Crippen LogP contribution is -2.29. The lowest BCUT2D eigenvalue weighted by Gasteiger charge is -2.18. The summed E-state index contributed by atoms with van der Waals surface area (Å²) in [6.07, 6.45) is -2.90. The molecule has 1 aromatic carbocycles. The van der Waals surface area contributed by atoms with E-state index >= 15 is 0 Å². The Hall–Kier alpha value is -2.05. The third-order valence-electron chi connectivity index (χ3n) is 4.65. The summed E-state index contributed by atoms with van der Waals surface area (Å²) >= 11 is 0. The van der Waals surface area contributed by atoms with Crippen LogP contribution in [-0.2, 0) is 9.59 Å². The number of halogens is 3. The van der Waals surface area contributed by atoms with E-state index in [0.29, 0.717) is 29.7 Å². The van der Waals surface area contributed by atoms with Crippen LogP contribution >= 0.6 is 0 Å². The molecule has 2 fully saturated rings. The zero-order valence-corrected chi connectivity index (χ0v) is 13.4. The molecule has 0 N–H and O–H groups in total. The second kappa shape index (κ2) is 5.79. The first-order valence-electron chi connectivity index (χ1n) is 7.84. The van der Waals surface area contributed by atoms with Gasteiger partial charge in [0.25, 0.3) is 0 Å². The number of amides is 1. The minimum absolute atomic E-state index is 0.0875. The summed E-state index contributed by atoms with van der Waals surface area (Å²) in [4.78, 5) is 26.8. The Morgan fingerprint density at radius 2 is 1.83 bits per heavy atom. The molecule has 0 aromatic heterocycles. The van der Waals surface area contributed by atoms with Gasteiger partial charge >= 0.3 is 6.18 Å². The molecular formula is C17H18F3NO3. The number of Topliss-reactive ketones (excluding diaryl/α,β-unsaturated/α-hetero) is 1. The van der Waals surface area contributed by atoms with Crippen molar-refractivity contribution in [2.75, 3.05) is 13.2 Å². The number of ether oxygens (including phenoxy) is 1. The monoisotopic (exact) mass is 341 g/mol. The predicted molar refractivity (Wildman–Crippen MR) is 79.9 cm³/mol. The van der Waals surface area contributed by atoms with E-state index in [4.69, 9.17) is 4.74 Å². The number of ketones is 1. The van der Waals surface area contributed by atoms with Crippen molar-refractivity contribution in [3.8, 4) is 5.75 Å². The second-order valence-corrected chi connectivity index (χ2v) is 6.40. The van der Waals surface area contributed by atoms with Crippen LogP contribution in [0.4, 0.5) is 13.2 Å². The summed E-state index contributed by atoms with van der Waals surface area (Å²) in [6, 6.07) is 2.57. The Morgan fingerprint density at radius 1 is 1.21 bits per heavy atom. The molecule has 3 rings (SSSR count). The van der Waals surface area contributed by atoms with E-state index < -0.39 is 18.7 Å². The lowest BCUT2D eigenvalue weighted by molar-refractivity contribution is -0.153. The Labute approximate surface area is 137 Å². The molecular weight excluding hydrogens is 323 g/mol. The molecule has 24 heavy (non-hydrogen) atoms. The van der Waals surface area contributed by atoms with Crippen molar-refractivity contribution >= 4 is 11.7 Å². The molecule has 0 bridgehead atoms. The number of nitrogens with zero attached hydrogens (tertiary/aromatic N) is 1. The van der Waals surface area contributed by atoms with Gasteiger partial charge in [-0.2, -0.15) is 13.2 Å². The van der Waals surface area contributed by atoms with Crippen LogP contribution < -0.4 is 4.74 Å². The Balaban J connectivity index is 1.89. The number of rotatable bonds is 3.